The van der Waals surface area contributed by atoms with Crippen LogP contribution in [-0.2, 0) is 4.79 Å². The van der Waals surface area contributed by atoms with Gasteiger partial charge in [0.25, 0.3) is 5.91 Å². The zero-order valence-corrected chi connectivity index (χ0v) is 19.4. The molecular weight excluding hydrogens is 461 g/mol. The summed E-state index contributed by atoms with van der Waals surface area (Å²) in [6, 6.07) is 11.1. The third-order valence-corrected chi connectivity index (χ3v) is 6.28. The first kappa shape index (κ1) is 23.2. The zero-order valence-electron chi connectivity index (χ0n) is 19.4. The van der Waals surface area contributed by atoms with Crippen LogP contribution in [0.4, 0.5) is 16.2 Å². The minimum Gasteiger partial charge on any atom is -0.369 e. The number of nitrogen functional groups attached to an aromatic ring is 1. The van der Waals surface area contributed by atoms with Crippen molar-refractivity contribution in [1.82, 2.24) is 24.3 Å². The van der Waals surface area contributed by atoms with Crippen LogP contribution in [0.25, 0.3) is 16.9 Å². The van der Waals surface area contributed by atoms with Crippen LogP contribution in [0.5, 0.6) is 0 Å². The van der Waals surface area contributed by atoms with Crippen molar-refractivity contribution in [2.45, 2.75) is 18.8 Å². The number of nitrogens with two attached hydrogens (primary N) is 1. The number of piperidine rings is 1. The third kappa shape index (κ3) is 4.28. The van der Waals surface area contributed by atoms with Crippen LogP contribution in [0.3, 0.4) is 0 Å². The number of aromatic nitrogens is 4. The Morgan fingerprint density at radius 1 is 1.17 bits per heavy atom. The number of rotatable bonds is 5. The zero-order chi connectivity index (χ0) is 25.2. The Kier molecular flexibility index (Phi) is 6.16. The van der Waals surface area contributed by atoms with E-state index in [4.69, 9.17) is 10.7 Å². The van der Waals surface area contributed by atoms with Crippen LogP contribution in [0.1, 0.15) is 34.8 Å². The lowest BCUT2D eigenvalue weighted by atomic mass is 9.94. The van der Waals surface area contributed by atoms with Crippen molar-refractivity contribution in [1.29, 1.82) is 0 Å². The SMILES string of the molecule is C=CC(=O)N1CCCC(c2nc(-c3ccc(C(=O)Nc4ccccn4)cc3F)n3c(N)nccc23)C1. The van der Waals surface area contributed by atoms with Gasteiger partial charge in [0.1, 0.15) is 11.6 Å². The minimum atomic E-state index is -0.627. The molecule has 1 aliphatic rings. The van der Waals surface area contributed by atoms with E-state index < -0.39 is 11.7 Å². The molecule has 4 aromatic rings. The predicted molar refractivity (Wildman–Crippen MR) is 134 cm³/mol. The lowest BCUT2D eigenvalue weighted by Gasteiger charge is -2.31. The molecule has 2 amide bonds. The first-order valence-corrected chi connectivity index (χ1v) is 11.5. The average molecular weight is 486 g/mol. The molecule has 1 aliphatic heterocycles. The highest BCUT2D eigenvalue weighted by molar-refractivity contribution is 6.04. The Hall–Kier alpha value is -4.60. The van der Waals surface area contributed by atoms with Crippen LogP contribution in [0, 0.1) is 5.82 Å². The van der Waals surface area contributed by atoms with Crippen molar-refractivity contribution in [2.24, 2.45) is 0 Å². The van der Waals surface area contributed by atoms with E-state index in [1.165, 1.54) is 18.2 Å². The van der Waals surface area contributed by atoms with Gasteiger partial charge in [-0.25, -0.2) is 19.3 Å². The lowest BCUT2D eigenvalue weighted by molar-refractivity contribution is -0.127. The number of carbonyl (C=O) groups is 2. The highest BCUT2D eigenvalue weighted by Gasteiger charge is 2.29. The van der Waals surface area contributed by atoms with Crippen molar-refractivity contribution < 1.29 is 14.0 Å². The molecule has 3 aromatic heterocycles. The van der Waals surface area contributed by atoms with Crippen molar-refractivity contribution in [3.05, 3.63) is 84.6 Å². The van der Waals surface area contributed by atoms with Crippen LogP contribution >= 0.6 is 0 Å². The van der Waals surface area contributed by atoms with Gasteiger partial charge in [-0.1, -0.05) is 12.6 Å². The fraction of sp³-hybridized carbons (Fsp3) is 0.192. The maximum Gasteiger partial charge on any atom is 0.256 e. The van der Waals surface area contributed by atoms with Gasteiger partial charge in [0.15, 0.2) is 5.82 Å². The monoisotopic (exact) mass is 485 g/mol. The molecular formula is C26H24FN7O2. The number of carbonyl (C=O) groups excluding carboxylic acids is 2. The number of benzene rings is 1. The summed E-state index contributed by atoms with van der Waals surface area (Å²) in [5, 5.41) is 2.64. The molecule has 1 aromatic carbocycles. The van der Waals surface area contributed by atoms with Crippen LogP contribution in [0.2, 0.25) is 0 Å². The Morgan fingerprint density at radius 3 is 2.78 bits per heavy atom. The second-order valence-electron chi connectivity index (χ2n) is 8.54. The van der Waals surface area contributed by atoms with Gasteiger partial charge >= 0.3 is 0 Å². The van der Waals surface area contributed by atoms with E-state index in [0.717, 1.165) is 24.6 Å². The van der Waals surface area contributed by atoms with E-state index in [1.807, 2.05) is 0 Å². The fourth-order valence-corrected chi connectivity index (χ4v) is 4.56. The van der Waals surface area contributed by atoms with Crippen molar-refractivity contribution in [2.75, 3.05) is 24.1 Å². The highest BCUT2D eigenvalue weighted by Crippen LogP contribution is 2.34. The highest BCUT2D eigenvalue weighted by atomic mass is 19.1. The van der Waals surface area contributed by atoms with Crippen LogP contribution < -0.4 is 11.1 Å². The molecule has 9 nitrogen and oxygen atoms in total. The first-order chi connectivity index (χ1) is 17.5. The summed E-state index contributed by atoms with van der Waals surface area (Å²) in [4.78, 5) is 39.5. The molecule has 0 aliphatic carbocycles. The number of anilines is 2. The molecule has 3 N–H and O–H groups in total. The molecule has 0 spiro atoms. The van der Waals surface area contributed by atoms with Gasteiger partial charge in [0.2, 0.25) is 11.9 Å². The van der Waals surface area contributed by atoms with Gasteiger partial charge in [0.05, 0.1) is 16.8 Å². The van der Waals surface area contributed by atoms with E-state index in [1.54, 1.807) is 46.0 Å². The second kappa shape index (κ2) is 9.57. The number of nitrogens with zero attached hydrogens (tertiary/aromatic N) is 5. The van der Waals surface area contributed by atoms with Gasteiger partial charge in [-0.3, -0.25) is 14.0 Å². The molecule has 1 atom stereocenters. The van der Waals surface area contributed by atoms with Gasteiger partial charge in [0, 0.05) is 37.0 Å². The Balaban J connectivity index is 1.52. The molecule has 36 heavy (non-hydrogen) atoms. The van der Waals surface area contributed by atoms with Crippen LogP contribution in [0.15, 0.2) is 67.5 Å². The number of pyridine rings is 1. The number of hydrogen-bond donors (Lipinski definition) is 2. The van der Waals surface area contributed by atoms with Gasteiger partial charge in [-0.15, -0.1) is 0 Å². The lowest BCUT2D eigenvalue weighted by Crippen LogP contribution is -2.38. The predicted octanol–water partition coefficient (Wildman–Crippen LogP) is 3.66. The summed E-state index contributed by atoms with van der Waals surface area (Å²) in [5.74, 6) is -0.485. The quantitative estimate of drug-likeness (QED) is 0.417. The molecule has 5 rings (SSSR count). The maximum atomic E-state index is 15.4. The number of nitrogens with one attached hydrogen (secondary N) is 1. The third-order valence-electron chi connectivity index (χ3n) is 6.28. The van der Waals surface area contributed by atoms with Gasteiger partial charge in [-0.2, -0.15) is 0 Å². The molecule has 4 heterocycles. The molecule has 182 valence electrons. The van der Waals surface area contributed by atoms with Crippen LogP contribution in [-0.4, -0.2) is 49.2 Å². The average Bonchev–Trinajstić information content (AvgIpc) is 3.29. The fourth-order valence-electron chi connectivity index (χ4n) is 4.56. The summed E-state index contributed by atoms with van der Waals surface area (Å²) >= 11 is 0. The van der Waals surface area contributed by atoms with E-state index in [2.05, 4.69) is 21.9 Å². The summed E-state index contributed by atoms with van der Waals surface area (Å²) in [7, 11) is 0. The summed E-state index contributed by atoms with van der Waals surface area (Å²) in [6.07, 6.45) is 6.08. The molecule has 1 fully saturated rings. The largest absolute Gasteiger partial charge is 0.369 e. The minimum absolute atomic E-state index is 0.0558. The summed E-state index contributed by atoms with van der Waals surface area (Å²) in [5.41, 5.74) is 7.93. The summed E-state index contributed by atoms with van der Waals surface area (Å²) in [6.45, 7) is 4.72. The normalized spacial score (nSPS) is 15.6. The molecule has 1 saturated heterocycles. The maximum absolute atomic E-state index is 15.4. The number of fused-ring (bicyclic) bond motifs is 1. The van der Waals surface area contributed by atoms with Gasteiger partial charge < -0.3 is 16.0 Å². The van der Waals surface area contributed by atoms with Crippen molar-refractivity contribution in [3.8, 4) is 11.4 Å². The first-order valence-electron chi connectivity index (χ1n) is 11.5. The van der Waals surface area contributed by atoms with Crippen molar-refractivity contribution >= 4 is 29.1 Å². The van der Waals surface area contributed by atoms with E-state index in [9.17, 15) is 9.59 Å². The van der Waals surface area contributed by atoms with E-state index in [0.29, 0.717) is 24.4 Å². The molecule has 0 bridgehead atoms. The summed E-state index contributed by atoms with van der Waals surface area (Å²) < 4.78 is 17.0. The van der Waals surface area contributed by atoms with Crippen molar-refractivity contribution in [3.63, 3.8) is 0 Å². The Bertz CT molecular complexity index is 1470. The van der Waals surface area contributed by atoms with E-state index in [-0.39, 0.29) is 34.7 Å². The standard InChI is InChI=1S/C26H24FN7O2/c1-2-22(35)33-13-5-6-17(15-33)23-20-10-12-30-26(28)34(20)24(32-23)18-9-8-16(14-19(18)27)25(36)31-21-7-3-4-11-29-21/h2-4,7-12,14,17H,1,5-6,13,15H2,(H2,28,30)(H,29,31,36). The second-order valence-corrected chi connectivity index (χ2v) is 8.54. The number of imidazole rings is 1. The number of amides is 2. The Labute approximate surface area is 206 Å². The molecule has 1 unspecified atom stereocenters. The Morgan fingerprint density at radius 2 is 2.03 bits per heavy atom. The molecule has 10 heteroatoms. The van der Waals surface area contributed by atoms with Gasteiger partial charge in [-0.05, 0) is 55.3 Å². The topological polar surface area (TPSA) is 119 Å². The number of likely N-dealkylation sites (tertiary alicyclic amines) is 1. The smallest absolute Gasteiger partial charge is 0.256 e. The van der Waals surface area contributed by atoms with E-state index >= 15 is 4.39 Å². The molecule has 0 radical (unpaired) electrons. The number of hydrogen-bond acceptors (Lipinski definition) is 6. The molecule has 0 saturated carbocycles. The number of halogens is 1.